The Hall–Kier alpha value is -1.64. The maximum absolute atomic E-state index is 12.9. The van der Waals surface area contributed by atoms with Crippen molar-refractivity contribution in [1.29, 1.82) is 0 Å². The van der Waals surface area contributed by atoms with Crippen LogP contribution in [0.2, 0.25) is 0 Å². The van der Waals surface area contributed by atoms with Gasteiger partial charge in [0.05, 0.1) is 10.8 Å². The summed E-state index contributed by atoms with van der Waals surface area (Å²) in [4.78, 5) is 17.1. The number of nitrogens with two attached hydrogens (primary N) is 2. The molecule has 7 nitrogen and oxygen atoms in total. The number of benzene rings is 1. The van der Waals surface area contributed by atoms with Crippen LogP contribution in [-0.2, 0) is 14.8 Å². The van der Waals surface area contributed by atoms with Gasteiger partial charge in [-0.25, -0.2) is 13.6 Å². The molecule has 2 atom stereocenters. The highest BCUT2D eigenvalue weighted by Crippen LogP contribution is 2.33. The maximum Gasteiger partial charge on any atom is 0.238 e. The molecular weight excluding hydrogens is 352 g/mol. The minimum atomic E-state index is -3.68. The maximum atomic E-state index is 12.9. The number of nitrogens with zero attached hydrogens (tertiary/aromatic N) is 2. The van der Waals surface area contributed by atoms with Crippen LogP contribution < -0.4 is 15.8 Å². The number of primary sulfonamides is 1. The van der Waals surface area contributed by atoms with Crippen molar-refractivity contribution in [2.45, 2.75) is 43.0 Å². The van der Waals surface area contributed by atoms with Crippen molar-refractivity contribution < 1.29 is 13.2 Å². The van der Waals surface area contributed by atoms with Gasteiger partial charge in [-0.2, -0.15) is 0 Å². The Balaban J connectivity index is 1.61. The van der Waals surface area contributed by atoms with Crippen LogP contribution in [0.1, 0.15) is 32.6 Å². The molecule has 1 amide bonds. The second-order valence-corrected chi connectivity index (χ2v) is 9.22. The van der Waals surface area contributed by atoms with Gasteiger partial charge in [-0.1, -0.05) is 12.8 Å². The zero-order valence-electron chi connectivity index (χ0n) is 15.2. The van der Waals surface area contributed by atoms with Gasteiger partial charge in [0.25, 0.3) is 0 Å². The normalized spacial score (nSPS) is 27.4. The van der Waals surface area contributed by atoms with Crippen LogP contribution in [0.3, 0.4) is 0 Å². The lowest BCUT2D eigenvalue weighted by Crippen LogP contribution is -2.57. The summed E-state index contributed by atoms with van der Waals surface area (Å²) in [5, 5.41) is 5.13. The van der Waals surface area contributed by atoms with E-state index in [9.17, 15) is 13.2 Å². The van der Waals surface area contributed by atoms with Crippen LogP contribution >= 0.6 is 0 Å². The van der Waals surface area contributed by atoms with Crippen molar-refractivity contribution in [3.63, 3.8) is 0 Å². The molecule has 0 radical (unpaired) electrons. The van der Waals surface area contributed by atoms with E-state index in [2.05, 4.69) is 4.90 Å². The van der Waals surface area contributed by atoms with Gasteiger partial charge < -0.3 is 15.5 Å². The number of anilines is 1. The zero-order valence-corrected chi connectivity index (χ0v) is 16.0. The Morgan fingerprint density at radius 2 is 1.73 bits per heavy atom. The first kappa shape index (κ1) is 19.1. The average molecular weight is 381 g/mol. The van der Waals surface area contributed by atoms with E-state index < -0.39 is 15.6 Å². The first-order valence-electron chi connectivity index (χ1n) is 9.14. The SMILES string of the molecule is CC1(N)CCCCC1C(=O)N1CCN(c2ccc(S(N)(=O)=O)cc2)CC1. The number of hydrogen-bond donors (Lipinski definition) is 2. The molecule has 144 valence electrons. The standard InChI is InChI=1S/C18H28N4O3S/c1-18(19)9-3-2-4-16(18)17(23)22-12-10-21(11-13-22)14-5-7-15(8-6-14)26(20,24)25/h5-8,16H,2-4,9-13,19H2,1H3,(H2,20,24,25). The molecule has 3 rings (SSSR count). The molecule has 1 saturated carbocycles. The number of piperazine rings is 1. The summed E-state index contributed by atoms with van der Waals surface area (Å²) in [5.74, 6) is 0.0933. The summed E-state index contributed by atoms with van der Waals surface area (Å²) in [6.07, 6.45) is 3.94. The Kier molecular flexibility index (Phi) is 5.28. The van der Waals surface area contributed by atoms with E-state index >= 15 is 0 Å². The highest BCUT2D eigenvalue weighted by Gasteiger charge is 2.40. The zero-order chi connectivity index (χ0) is 18.9. The van der Waals surface area contributed by atoms with Crippen LogP contribution in [-0.4, -0.2) is 50.9 Å². The summed E-state index contributed by atoms with van der Waals surface area (Å²) < 4.78 is 22.7. The topological polar surface area (TPSA) is 110 Å². The van der Waals surface area contributed by atoms with E-state index in [4.69, 9.17) is 10.9 Å². The van der Waals surface area contributed by atoms with Gasteiger partial charge in [0.1, 0.15) is 0 Å². The highest BCUT2D eigenvalue weighted by molar-refractivity contribution is 7.89. The quantitative estimate of drug-likeness (QED) is 0.809. The number of amides is 1. The van der Waals surface area contributed by atoms with Crippen molar-refractivity contribution >= 4 is 21.6 Å². The van der Waals surface area contributed by atoms with Crippen LogP contribution in [0.15, 0.2) is 29.2 Å². The summed E-state index contributed by atoms with van der Waals surface area (Å²) >= 11 is 0. The minimum Gasteiger partial charge on any atom is -0.368 e. The van der Waals surface area contributed by atoms with Crippen LogP contribution in [0.4, 0.5) is 5.69 Å². The van der Waals surface area contributed by atoms with Gasteiger partial charge in [0.15, 0.2) is 0 Å². The molecule has 1 aliphatic heterocycles. The van der Waals surface area contributed by atoms with E-state index in [1.54, 1.807) is 12.1 Å². The van der Waals surface area contributed by atoms with E-state index in [0.29, 0.717) is 26.2 Å². The molecule has 8 heteroatoms. The van der Waals surface area contributed by atoms with Crippen molar-refractivity contribution in [2.24, 2.45) is 16.8 Å². The third kappa shape index (κ3) is 4.02. The molecule has 26 heavy (non-hydrogen) atoms. The van der Waals surface area contributed by atoms with Crippen molar-refractivity contribution in [1.82, 2.24) is 4.90 Å². The van der Waals surface area contributed by atoms with Crippen LogP contribution in [0.5, 0.6) is 0 Å². The van der Waals surface area contributed by atoms with Crippen LogP contribution in [0.25, 0.3) is 0 Å². The van der Waals surface area contributed by atoms with Gasteiger partial charge in [0, 0.05) is 37.4 Å². The molecular formula is C18H28N4O3S. The fourth-order valence-electron chi connectivity index (χ4n) is 4.02. The lowest BCUT2D eigenvalue weighted by molar-refractivity contribution is -0.139. The second-order valence-electron chi connectivity index (χ2n) is 7.66. The molecule has 1 heterocycles. The molecule has 0 aromatic heterocycles. The van der Waals surface area contributed by atoms with Crippen molar-refractivity contribution in [3.05, 3.63) is 24.3 Å². The lowest BCUT2D eigenvalue weighted by Gasteiger charge is -2.42. The van der Waals surface area contributed by atoms with Crippen LogP contribution in [0, 0.1) is 5.92 Å². The Morgan fingerprint density at radius 1 is 1.12 bits per heavy atom. The molecule has 1 aromatic rings. The monoisotopic (exact) mass is 380 g/mol. The molecule has 1 aliphatic carbocycles. The minimum absolute atomic E-state index is 0.0863. The van der Waals surface area contributed by atoms with Gasteiger partial charge in [-0.3, -0.25) is 4.79 Å². The van der Waals surface area contributed by atoms with E-state index in [0.717, 1.165) is 31.4 Å². The van der Waals surface area contributed by atoms with Crippen molar-refractivity contribution in [3.8, 4) is 0 Å². The van der Waals surface area contributed by atoms with Gasteiger partial charge >= 0.3 is 0 Å². The summed E-state index contributed by atoms with van der Waals surface area (Å²) in [6.45, 7) is 4.74. The third-order valence-electron chi connectivity index (χ3n) is 5.67. The number of rotatable bonds is 3. The van der Waals surface area contributed by atoms with E-state index in [-0.39, 0.29) is 16.7 Å². The summed E-state index contributed by atoms with van der Waals surface area (Å²) in [6, 6.07) is 6.55. The lowest BCUT2D eigenvalue weighted by atomic mass is 9.74. The highest BCUT2D eigenvalue weighted by atomic mass is 32.2. The number of carbonyl (C=O) groups is 1. The first-order valence-corrected chi connectivity index (χ1v) is 10.7. The molecule has 2 fully saturated rings. The Labute approximate surface area is 155 Å². The predicted molar refractivity (Wildman–Crippen MR) is 101 cm³/mol. The largest absolute Gasteiger partial charge is 0.368 e. The summed E-state index contributed by atoms with van der Waals surface area (Å²) in [5.41, 5.74) is 6.91. The molecule has 1 saturated heterocycles. The molecule has 0 bridgehead atoms. The molecule has 2 unspecified atom stereocenters. The Morgan fingerprint density at radius 3 is 2.27 bits per heavy atom. The number of hydrogen-bond acceptors (Lipinski definition) is 5. The van der Waals surface area contributed by atoms with E-state index in [1.807, 2.05) is 11.8 Å². The molecule has 4 N–H and O–H groups in total. The first-order chi connectivity index (χ1) is 12.2. The van der Waals surface area contributed by atoms with Gasteiger partial charge in [-0.05, 0) is 44.0 Å². The molecule has 0 spiro atoms. The number of carbonyl (C=O) groups excluding carboxylic acids is 1. The summed E-state index contributed by atoms with van der Waals surface area (Å²) in [7, 11) is -3.68. The fourth-order valence-corrected chi connectivity index (χ4v) is 4.53. The molecule has 2 aliphatic rings. The van der Waals surface area contributed by atoms with Gasteiger partial charge in [0.2, 0.25) is 15.9 Å². The fraction of sp³-hybridized carbons (Fsp3) is 0.611. The Bertz CT molecular complexity index is 753. The third-order valence-corrected chi connectivity index (χ3v) is 6.60. The average Bonchev–Trinajstić information content (AvgIpc) is 2.60. The predicted octanol–water partition coefficient (Wildman–Crippen LogP) is 0.890. The smallest absolute Gasteiger partial charge is 0.238 e. The molecule has 1 aromatic carbocycles. The van der Waals surface area contributed by atoms with Crippen molar-refractivity contribution in [2.75, 3.05) is 31.1 Å². The number of sulfonamides is 1. The van der Waals surface area contributed by atoms with Gasteiger partial charge in [-0.15, -0.1) is 0 Å². The second kappa shape index (κ2) is 7.17. The van der Waals surface area contributed by atoms with E-state index in [1.165, 1.54) is 12.1 Å².